The van der Waals surface area contributed by atoms with Crippen LogP contribution in [-0.4, -0.2) is 14.5 Å². The Bertz CT molecular complexity index is 3970. The number of fused-ring (bicyclic) bond motifs is 9. The molecule has 2 heterocycles. The van der Waals surface area contributed by atoms with Crippen molar-refractivity contribution in [3.63, 3.8) is 0 Å². The Morgan fingerprint density at radius 1 is 0.224 bits per heavy atom. The van der Waals surface area contributed by atoms with Crippen LogP contribution in [0.3, 0.4) is 0 Å². The Balaban J connectivity index is 1.07. The molecule has 0 atom stereocenters. The minimum Gasteiger partial charge on any atom is -0.309 e. The van der Waals surface area contributed by atoms with Gasteiger partial charge in [-0.3, -0.25) is 0 Å². The molecule has 3 nitrogen and oxygen atoms in total. The van der Waals surface area contributed by atoms with Crippen molar-refractivity contribution in [3.8, 4) is 73.0 Å². The molecule has 13 aromatic rings. The van der Waals surface area contributed by atoms with Gasteiger partial charge in [-0.1, -0.05) is 206 Å². The van der Waals surface area contributed by atoms with Crippen molar-refractivity contribution >= 4 is 54.1 Å². The smallest absolute Gasteiger partial charge is 0.160 e. The molecular weight excluding hydrogens is 811 g/mol. The van der Waals surface area contributed by atoms with E-state index in [1.54, 1.807) is 0 Å². The average molecular weight is 852 g/mol. The zero-order valence-corrected chi connectivity index (χ0v) is 36.5. The molecule has 0 spiro atoms. The van der Waals surface area contributed by atoms with E-state index in [2.05, 4.69) is 247 Å². The summed E-state index contributed by atoms with van der Waals surface area (Å²) in [5, 5.41) is 9.94. The Kier molecular flexibility index (Phi) is 9.17. The molecule has 0 aliphatic heterocycles. The van der Waals surface area contributed by atoms with Crippen LogP contribution in [0.1, 0.15) is 0 Å². The molecule has 0 radical (unpaired) electrons. The summed E-state index contributed by atoms with van der Waals surface area (Å²) in [5.74, 6) is 0.681. The zero-order chi connectivity index (χ0) is 44.3. The number of rotatable bonds is 7. The third-order valence-corrected chi connectivity index (χ3v) is 13.4. The summed E-state index contributed by atoms with van der Waals surface area (Å²) in [6, 6.07) is 89.6. The average Bonchev–Trinajstić information content (AvgIpc) is 3.75. The first kappa shape index (κ1) is 38.5. The minimum atomic E-state index is 0.681. The van der Waals surface area contributed by atoms with Crippen molar-refractivity contribution in [2.45, 2.75) is 0 Å². The van der Waals surface area contributed by atoms with Crippen LogP contribution in [0.25, 0.3) is 127 Å². The van der Waals surface area contributed by atoms with Gasteiger partial charge in [0.2, 0.25) is 0 Å². The molecule has 0 aliphatic carbocycles. The van der Waals surface area contributed by atoms with E-state index in [4.69, 9.17) is 9.97 Å². The first-order valence-corrected chi connectivity index (χ1v) is 22.9. The van der Waals surface area contributed by atoms with Gasteiger partial charge in [0.25, 0.3) is 0 Å². The summed E-state index contributed by atoms with van der Waals surface area (Å²) in [6.45, 7) is 0. The van der Waals surface area contributed by atoms with Gasteiger partial charge in [0.05, 0.1) is 22.4 Å². The predicted octanol–water partition coefficient (Wildman–Crippen LogP) is 17.0. The number of aromatic nitrogens is 3. The molecule has 67 heavy (non-hydrogen) atoms. The molecule has 0 aliphatic rings. The van der Waals surface area contributed by atoms with Crippen molar-refractivity contribution in [1.29, 1.82) is 0 Å². The van der Waals surface area contributed by atoms with Gasteiger partial charge in [-0.2, -0.15) is 0 Å². The van der Waals surface area contributed by atoms with Crippen LogP contribution in [-0.2, 0) is 0 Å². The van der Waals surface area contributed by atoms with Gasteiger partial charge in [-0.05, 0) is 108 Å². The molecule has 2 aromatic heterocycles. The Labute approximate surface area is 388 Å². The molecule has 0 saturated heterocycles. The van der Waals surface area contributed by atoms with Gasteiger partial charge in [0, 0.05) is 33.2 Å². The van der Waals surface area contributed by atoms with Crippen LogP contribution in [0, 0.1) is 0 Å². The highest BCUT2D eigenvalue weighted by atomic mass is 15.0. The van der Waals surface area contributed by atoms with Gasteiger partial charge in [0.1, 0.15) is 0 Å². The summed E-state index contributed by atoms with van der Waals surface area (Å²) >= 11 is 0. The second kappa shape index (κ2) is 16.0. The highest BCUT2D eigenvalue weighted by Gasteiger charge is 2.19. The maximum Gasteiger partial charge on any atom is 0.160 e. The summed E-state index contributed by atoms with van der Waals surface area (Å²) < 4.78 is 2.44. The van der Waals surface area contributed by atoms with E-state index in [0.29, 0.717) is 5.82 Å². The molecule has 0 amide bonds. The number of hydrogen-bond donors (Lipinski definition) is 0. The molecule has 13 rings (SSSR count). The van der Waals surface area contributed by atoms with Crippen molar-refractivity contribution in [2.24, 2.45) is 0 Å². The number of nitrogens with zero attached hydrogens (tertiary/aromatic N) is 3. The maximum atomic E-state index is 5.40. The van der Waals surface area contributed by atoms with E-state index in [9.17, 15) is 0 Å². The van der Waals surface area contributed by atoms with Crippen molar-refractivity contribution in [1.82, 2.24) is 14.5 Å². The lowest BCUT2D eigenvalue weighted by Gasteiger charge is -2.16. The topological polar surface area (TPSA) is 30.7 Å². The standard InChI is InChI=1S/C64H41N3/c1-4-16-42(17-5-1)44-28-30-45(31-29-44)60-41-61(66-64(65-60)46-20-8-3-9-21-46)50-36-49(47-32-34-56-54-24-11-10-22-52(54)53-23-12-13-25-55(53)59(56)39-47)37-51(38-50)67-62-27-15-14-26-57(62)58-35-33-48(40-63(58)67)43-18-6-2-7-19-43/h1-41H. The molecule has 0 saturated carbocycles. The fraction of sp³-hybridized carbons (Fsp3) is 0. The Morgan fingerprint density at radius 2 is 0.642 bits per heavy atom. The first-order valence-electron chi connectivity index (χ1n) is 22.9. The molecule has 3 heteroatoms. The summed E-state index contributed by atoms with van der Waals surface area (Å²) in [7, 11) is 0. The SMILES string of the molecule is c1ccc(-c2ccc(-c3cc(-c4cc(-c5ccc6c7ccccc7c7ccccc7c6c5)cc(-n5c6ccccc6c6ccc(-c7ccccc7)cc65)c4)nc(-c4ccccc4)n3)cc2)cc1. The van der Waals surface area contributed by atoms with E-state index < -0.39 is 0 Å². The fourth-order valence-corrected chi connectivity index (χ4v) is 10.1. The van der Waals surface area contributed by atoms with Gasteiger partial charge >= 0.3 is 0 Å². The van der Waals surface area contributed by atoms with Crippen LogP contribution >= 0.6 is 0 Å². The first-order chi connectivity index (χ1) is 33.2. The Morgan fingerprint density at radius 3 is 1.28 bits per heavy atom. The van der Waals surface area contributed by atoms with Crippen molar-refractivity contribution in [3.05, 3.63) is 249 Å². The van der Waals surface area contributed by atoms with Crippen LogP contribution < -0.4 is 0 Å². The van der Waals surface area contributed by atoms with Crippen LogP contribution in [0.2, 0.25) is 0 Å². The highest BCUT2D eigenvalue weighted by molar-refractivity contribution is 6.25. The third-order valence-electron chi connectivity index (χ3n) is 13.4. The van der Waals surface area contributed by atoms with E-state index in [1.807, 2.05) is 6.07 Å². The van der Waals surface area contributed by atoms with Crippen LogP contribution in [0.5, 0.6) is 0 Å². The van der Waals surface area contributed by atoms with E-state index in [1.165, 1.54) is 59.8 Å². The van der Waals surface area contributed by atoms with Crippen LogP contribution in [0.15, 0.2) is 249 Å². The largest absolute Gasteiger partial charge is 0.309 e. The molecule has 312 valence electrons. The van der Waals surface area contributed by atoms with E-state index in [-0.39, 0.29) is 0 Å². The van der Waals surface area contributed by atoms with Crippen molar-refractivity contribution < 1.29 is 0 Å². The maximum absolute atomic E-state index is 5.40. The zero-order valence-electron chi connectivity index (χ0n) is 36.5. The van der Waals surface area contributed by atoms with Gasteiger partial charge in [-0.15, -0.1) is 0 Å². The van der Waals surface area contributed by atoms with Crippen molar-refractivity contribution in [2.75, 3.05) is 0 Å². The lowest BCUT2D eigenvalue weighted by atomic mass is 9.91. The van der Waals surface area contributed by atoms with Gasteiger partial charge in [-0.25, -0.2) is 9.97 Å². The lowest BCUT2D eigenvalue weighted by molar-refractivity contribution is 1.16. The van der Waals surface area contributed by atoms with Gasteiger partial charge in [0.15, 0.2) is 5.82 Å². The van der Waals surface area contributed by atoms with Gasteiger partial charge < -0.3 is 4.57 Å². The normalized spacial score (nSPS) is 11.6. The summed E-state index contributed by atoms with van der Waals surface area (Å²) in [6.07, 6.45) is 0. The number of hydrogen-bond acceptors (Lipinski definition) is 2. The quantitative estimate of drug-likeness (QED) is 0.150. The molecule has 11 aromatic carbocycles. The fourth-order valence-electron chi connectivity index (χ4n) is 10.1. The second-order valence-electron chi connectivity index (χ2n) is 17.3. The van der Waals surface area contributed by atoms with E-state index >= 15 is 0 Å². The monoisotopic (exact) mass is 851 g/mol. The summed E-state index contributed by atoms with van der Waals surface area (Å²) in [4.78, 5) is 10.7. The van der Waals surface area contributed by atoms with Crippen LogP contribution in [0.4, 0.5) is 0 Å². The molecule has 0 bridgehead atoms. The Hall–Kier alpha value is -8.92. The third kappa shape index (κ3) is 6.76. The minimum absolute atomic E-state index is 0.681. The lowest BCUT2D eigenvalue weighted by Crippen LogP contribution is -1.99. The highest BCUT2D eigenvalue weighted by Crippen LogP contribution is 2.41. The molecule has 0 unspecified atom stereocenters. The number of benzene rings is 11. The molecule has 0 N–H and O–H groups in total. The number of para-hydroxylation sites is 1. The predicted molar refractivity (Wildman–Crippen MR) is 282 cm³/mol. The molecule has 0 fully saturated rings. The second-order valence-corrected chi connectivity index (χ2v) is 17.3. The summed E-state index contributed by atoms with van der Waals surface area (Å²) in [5.41, 5.74) is 15.0. The molecular formula is C64H41N3. The van der Waals surface area contributed by atoms with E-state index in [0.717, 1.165) is 61.5 Å².